The van der Waals surface area contributed by atoms with Crippen molar-refractivity contribution in [1.82, 2.24) is 9.88 Å². The average Bonchev–Trinajstić information content (AvgIpc) is 2.68. The molecular formula is C12H11N3O. The molecule has 2 rings (SSSR count). The highest BCUT2D eigenvalue weighted by Crippen LogP contribution is 2.20. The van der Waals surface area contributed by atoms with Gasteiger partial charge in [-0.25, -0.2) is 4.98 Å². The maximum absolute atomic E-state index is 9.01. The van der Waals surface area contributed by atoms with Gasteiger partial charge in [-0.2, -0.15) is 5.26 Å². The van der Waals surface area contributed by atoms with Crippen LogP contribution in [0, 0.1) is 11.3 Å². The molecule has 0 aliphatic heterocycles. The third-order valence-corrected chi connectivity index (χ3v) is 2.03. The zero-order valence-electron chi connectivity index (χ0n) is 9.14. The van der Waals surface area contributed by atoms with E-state index in [0.29, 0.717) is 17.0 Å². The summed E-state index contributed by atoms with van der Waals surface area (Å²) >= 11 is 0. The Balaban J connectivity index is 2.51. The van der Waals surface area contributed by atoms with E-state index in [0.717, 1.165) is 5.52 Å². The molecule has 1 aromatic heterocycles. The average molecular weight is 213 g/mol. The zero-order chi connectivity index (χ0) is 11.5. The Morgan fingerprint density at radius 1 is 1.44 bits per heavy atom. The SMILES string of the molecule is CN(C)/C=C(\C#N)c1nc2ccccc2o1. The van der Waals surface area contributed by atoms with Gasteiger partial charge in [-0.1, -0.05) is 12.1 Å². The molecule has 4 heteroatoms. The van der Waals surface area contributed by atoms with Gasteiger partial charge in [0.05, 0.1) is 0 Å². The lowest BCUT2D eigenvalue weighted by molar-refractivity contribution is 0.554. The standard InChI is InChI=1S/C12H11N3O/c1-15(2)8-9(7-13)12-14-10-5-3-4-6-11(10)16-12/h3-6,8H,1-2H3/b9-8+. The van der Waals surface area contributed by atoms with Crippen LogP contribution in [0.25, 0.3) is 16.7 Å². The Labute approximate surface area is 93.4 Å². The van der Waals surface area contributed by atoms with Crippen LogP contribution in [0.15, 0.2) is 34.9 Å². The molecule has 0 amide bonds. The summed E-state index contributed by atoms with van der Waals surface area (Å²) in [6, 6.07) is 9.52. The lowest BCUT2D eigenvalue weighted by Crippen LogP contribution is -2.02. The van der Waals surface area contributed by atoms with Crippen molar-refractivity contribution < 1.29 is 4.42 Å². The van der Waals surface area contributed by atoms with Crippen LogP contribution in [0.3, 0.4) is 0 Å². The van der Waals surface area contributed by atoms with Gasteiger partial charge in [0.25, 0.3) is 0 Å². The van der Waals surface area contributed by atoms with Crippen molar-refractivity contribution in [2.24, 2.45) is 0 Å². The molecule has 0 aliphatic carbocycles. The Morgan fingerprint density at radius 3 is 2.81 bits per heavy atom. The second-order valence-corrected chi connectivity index (χ2v) is 3.60. The van der Waals surface area contributed by atoms with Gasteiger partial charge in [-0.05, 0) is 12.1 Å². The van der Waals surface area contributed by atoms with Crippen molar-refractivity contribution in [3.8, 4) is 6.07 Å². The molecule has 0 N–H and O–H groups in total. The summed E-state index contributed by atoms with van der Waals surface area (Å²) in [5.41, 5.74) is 1.87. The monoisotopic (exact) mass is 213 g/mol. The first kappa shape index (κ1) is 10.2. The minimum absolute atomic E-state index is 0.359. The fourth-order valence-corrected chi connectivity index (χ4v) is 1.38. The van der Waals surface area contributed by atoms with Gasteiger partial charge in [-0.15, -0.1) is 0 Å². The number of oxazole rings is 1. The first-order valence-electron chi connectivity index (χ1n) is 4.85. The summed E-state index contributed by atoms with van der Waals surface area (Å²) < 4.78 is 5.49. The molecule has 1 aromatic carbocycles. The van der Waals surface area contributed by atoms with E-state index in [1.165, 1.54) is 0 Å². The summed E-state index contributed by atoms with van der Waals surface area (Å²) in [5.74, 6) is 0.359. The molecule has 2 aromatic rings. The van der Waals surface area contributed by atoms with Crippen LogP contribution in [-0.2, 0) is 0 Å². The molecule has 0 fully saturated rings. The van der Waals surface area contributed by atoms with Gasteiger partial charge in [0.2, 0.25) is 5.89 Å². The van der Waals surface area contributed by atoms with E-state index < -0.39 is 0 Å². The van der Waals surface area contributed by atoms with E-state index in [1.807, 2.05) is 38.4 Å². The van der Waals surface area contributed by atoms with E-state index in [-0.39, 0.29) is 0 Å². The highest BCUT2D eigenvalue weighted by atomic mass is 16.3. The van der Waals surface area contributed by atoms with Gasteiger partial charge >= 0.3 is 0 Å². The maximum atomic E-state index is 9.01. The molecule has 0 saturated carbocycles. The topological polar surface area (TPSA) is 53.1 Å². The molecule has 0 bridgehead atoms. The Kier molecular flexibility index (Phi) is 2.61. The third kappa shape index (κ3) is 1.89. The Morgan fingerprint density at radius 2 is 2.19 bits per heavy atom. The van der Waals surface area contributed by atoms with Crippen molar-refractivity contribution in [3.05, 3.63) is 36.4 Å². The van der Waals surface area contributed by atoms with E-state index in [1.54, 1.807) is 11.1 Å². The third-order valence-electron chi connectivity index (χ3n) is 2.03. The van der Waals surface area contributed by atoms with Gasteiger partial charge in [0.15, 0.2) is 5.58 Å². The lowest BCUT2D eigenvalue weighted by atomic mass is 10.3. The number of aromatic nitrogens is 1. The molecule has 0 saturated heterocycles. The predicted octanol–water partition coefficient (Wildman–Crippen LogP) is 2.25. The summed E-state index contributed by atoms with van der Waals surface area (Å²) in [7, 11) is 3.69. The number of nitriles is 1. The summed E-state index contributed by atoms with van der Waals surface area (Å²) in [6.07, 6.45) is 1.69. The number of nitrogens with zero attached hydrogens (tertiary/aromatic N) is 3. The van der Waals surface area contributed by atoms with E-state index in [4.69, 9.17) is 9.68 Å². The Bertz CT molecular complexity index is 542. The maximum Gasteiger partial charge on any atom is 0.239 e. The predicted molar refractivity (Wildman–Crippen MR) is 61.3 cm³/mol. The minimum atomic E-state index is 0.359. The number of hydrogen-bond acceptors (Lipinski definition) is 4. The van der Waals surface area contributed by atoms with E-state index in [2.05, 4.69) is 11.1 Å². The van der Waals surface area contributed by atoms with Crippen molar-refractivity contribution in [1.29, 1.82) is 5.26 Å². The van der Waals surface area contributed by atoms with Gasteiger partial charge in [-0.3, -0.25) is 0 Å². The quantitative estimate of drug-likeness (QED) is 0.718. The highest BCUT2D eigenvalue weighted by Gasteiger charge is 2.10. The molecule has 16 heavy (non-hydrogen) atoms. The number of rotatable bonds is 2. The molecule has 80 valence electrons. The van der Waals surface area contributed by atoms with Crippen LogP contribution >= 0.6 is 0 Å². The van der Waals surface area contributed by atoms with Gasteiger partial charge in [0, 0.05) is 20.3 Å². The fourth-order valence-electron chi connectivity index (χ4n) is 1.38. The largest absolute Gasteiger partial charge is 0.435 e. The van der Waals surface area contributed by atoms with Crippen molar-refractivity contribution in [3.63, 3.8) is 0 Å². The molecule has 0 unspecified atom stereocenters. The van der Waals surface area contributed by atoms with Crippen molar-refractivity contribution >= 4 is 16.7 Å². The van der Waals surface area contributed by atoms with Gasteiger partial charge in [0.1, 0.15) is 17.2 Å². The first-order chi connectivity index (χ1) is 7.70. The Hall–Kier alpha value is -2.28. The zero-order valence-corrected chi connectivity index (χ0v) is 9.14. The summed E-state index contributed by atoms with van der Waals surface area (Å²) in [5, 5.41) is 9.01. The second-order valence-electron chi connectivity index (χ2n) is 3.60. The van der Waals surface area contributed by atoms with E-state index in [9.17, 15) is 0 Å². The van der Waals surface area contributed by atoms with E-state index >= 15 is 0 Å². The van der Waals surface area contributed by atoms with Crippen LogP contribution in [0.4, 0.5) is 0 Å². The number of allylic oxidation sites excluding steroid dienone is 1. The van der Waals surface area contributed by atoms with Crippen LogP contribution in [0.2, 0.25) is 0 Å². The minimum Gasteiger partial charge on any atom is -0.435 e. The molecule has 0 atom stereocenters. The number of fused-ring (bicyclic) bond motifs is 1. The van der Waals surface area contributed by atoms with Crippen LogP contribution in [0.5, 0.6) is 0 Å². The van der Waals surface area contributed by atoms with Crippen molar-refractivity contribution in [2.75, 3.05) is 14.1 Å². The lowest BCUT2D eigenvalue weighted by Gasteiger charge is -2.03. The van der Waals surface area contributed by atoms with Gasteiger partial charge < -0.3 is 9.32 Å². The number of benzene rings is 1. The molecule has 0 spiro atoms. The normalized spacial score (nSPS) is 11.4. The smallest absolute Gasteiger partial charge is 0.239 e. The molecular weight excluding hydrogens is 202 g/mol. The number of hydrogen-bond donors (Lipinski definition) is 0. The summed E-state index contributed by atoms with van der Waals surface area (Å²) in [6.45, 7) is 0. The van der Waals surface area contributed by atoms with Crippen LogP contribution in [0.1, 0.15) is 5.89 Å². The molecule has 0 radical (unpaired) electrons. The van der Waals surface area contributed by atoms with Crippen LogP contribution in [-0.4, -0.2) is 24.0 Å². The number of para-hydroxylation sites is 2. The second kappa shape index (κ2) is 4.07. The first-order valence-corrected chi connectivity index (χ1v) is 4.85. The molecule has 1 heterocycles. The highest BCUT2D eigenvalue weighted by molar-refractivity contribution is 5.79. The summed E-state index contributed by atoms with van der Waals surface area (Å²) in [4.78, 5) is 6.04. The molecule has 0 aliphatic rings. The molecule has 4 nitrogen and oxygen atoms in total. The fraction of sp³-hybridized carbons (Fsp3) is 0.167. The van der Waals surface area contributed by atoms with Crippen LogP contribution < -0.4 is 0 Å². The van der Waals surface area contributed by atoms with Crippen molar-refractivity contribution in [2.45, 2.75) is 0 Å².